The van der Waals surface area contributed by atoms with Gasteiger partial charge in [0.25, 0.3) is 0 Å². The minimum Gasteiger partial charge on any atom is -0.281 e. The van der Waals surface area contributed by atoms with Gasteiger partial charge in [-0.25, -0.2) is 4.98 Å². The van der Waals surface area contributed by atoms with E-state index in [0.717, 1.165) is 21.3 Å². The summed E-state index contributed by atoms with van der Waals surface area (Å²) >= 11 is 6.45. The van der Waals surface area contributed by atoms with Gasteiger partial charge in [0, 0.05) is 12.4 Å². The molecule has 18 heavy (non-hydrogen) atoms. The number of aromatic nitrogens is 6. The van der Waals surface area contributed by atoms with Crippen molar-refractivity contribution < 1.29 is 0 Å². The van der Waals surface area contributed by atoms with E-state index in [1.54, 1.807) is 18.6 Å². The van der Waals surface area contributed by atoms with Crippen LogP contribution in [0.15, 0.2) is 18.6 Å². The number of aryl methyl sites for hydroxylation is 1. The topological polar surface area (TPSA) is 83.1 Å². The van der Waals surface area contributed by atoms with Crippen molar-refractivity contribution in [2.45, 2.75) is 6.92 Å². The smallest absolute Gasteiger partial charge is 0.213 e. The molecule has 0 radical (unpaired) electrons. The van der Waals surface area contributed by atoms with Crippen LogP contribution < -0.4 is 0 Å². The molecule has 8 heteroatoms. The van der Waals surface area contributed by atoms with Crippen molar-refractivity contribution in [3.63, 3.8) is 0 Å². The lowest BCUT2D eigenvalue weighted by molar-refractivity contribution is 1.08. The molecular formula is C10H8N6S2. The average molecular weight is 276 g/mol. The first-order chi connectivity index (χ1) is 8.74. The predicted molar refractivity (Wildman–Crippen MR) is 70.6 cm³/mol. The van der Waals surface area contributed by atoms with E-state index in [-0.39, 0.29) is 0 Å². The molecule has 0 aromatic carbocycles. The van der Waals surface area contributed by atoms with Gasteiger partial charge in [-0.1, -0.05) is 0 Å². The van der Waals surface area contributed by atoms with Crippen LogP contribution >= 0.6 is 23.6 Å². The Morgan fingerprint density at radius 1 is 1.22 bits per heavy atom. The number of hydrogen-bond donors (Lipinski definition) is 2. The van der Waals surface area contributed by atoms with Crippen LogP contribution in [0.3, 0.4) is 0 Å². The van der Waals surface area contributed by atoms with Gasteiger partial charge in [0.2, 0.25) is 4.77 Å². The zero-order chi connectivity index (χ0) is 12.5. The summed E-state index contributed by atoms with van der Waals surface area (Å²) in [5.41, 5.74) is 1.64. The zero-order valence-corrected chi connectivity index (χ0v) is 11.0. The van der Waals surface area contributed by atoms with Gasteiger partial charge < -0.3 is 0 Å². The minimum absolute atomic E-state index is 0.429. The summed E-state index contributed by atoms with van der Waals surface area (Å²) in [6.07, 6.45) is 4.97. The Morgan fingerprint density at radius 2 is 2.11 bits per heavy atom. The van der Waals surface area contributed by atoms with Crippen molar-refractivity contribution in [1.82, 2.24) is 30.1 Å². The number of H-pyrrole nitrogens is 2. The fourth-order valence-corrected chi connectivity index (χ4v) is 2.63. The van der Waals surface area contributed by atoms with Crippen LogP contribution in [0.4, 0.5) is 0 Å². The maximum atomic E-state index is 4.94. The standard InChI is InChI=1S/C10H8N6S2/c1-5-7(8-14-10(17)16-15-8)18-9(13-5)6-4-11-2-3-12-6/h2-4H,1H3,(H2,14,15,16,17). The summed E-state index contributed by atoms with van der Waals surface area (Å²) in [5, 5.41) is 6.51. The molecule has 90 valence electrons. The summed E-state index contributed by atoms with van der Waals surface area (Å²) in [6.45, 7) is 1.93. The summed E-state index contributed by atoms with van der Waals surface area (Å²) in [7, 11) is 0. The van der Waals surface area contributed by atoms with E-state index in [1.807, 2.05) is 6.92 Å². The molecule has 0 unspecified atom stereocenters. The molecule has 6 nitrogen and oxygen atoms in total. The van der Waals surface area contributed by atoms with E-state index in [1.165, 1.54) is 11.3 Å². The Hall–Kier alpha value is -1.93. The summed E-state index contributed by atoms with van der Waals surface area (Å²) in [5.74, 6) is 0.699. The third-order valence-electron chi connectivity index (χ3n) is 2.30. The first-order valence-corrected chi connectivity index (χ1v) is 6.35. The highest BCUT2D eigenvalue weighted by Crippen LogP contribution is 2.31. The van der Waals surface area contributed by atoms with Crippen LogP contribution in [0.2, 0.25) is 0 Å². The van der Waals surface area contributed by atoms with Crippen molar-refractivity contribution >= 4 is 23.6 Å². The average Bonchev–Trinajstić information content (AvgIpc) is 2.97. The van der Waals surface area contributed by atoms with E-state index in [9.17, 15) is 0 Å². The molecule has 0 aliphatic heterocycles. The van der Waals surface area contributed by atoms with E-state index in [4.69, 9.17) is 12.2 Å². The minimum atomic E-state index is 0.429. The highest BCUT2D eigenvalue weighted by atomic mass is 32.1. The molecule has 0 bridgehead atoms. The van der Waals surface area contributed by atoms with Crippen molar-refractivity contribution in [3.05, 3.63) is 29.1 Å². The maximum absolute atomic E-state index is 4.94. The third-order valence-corrected chi connectivity index (χ3v) is 3.68. The SMILES string of the molecule is Cc1nc(-c2cnccn2)sc1-c1nc(=S)[nH][nH]1. The Kier molecular flexibility index (Phi) is 2.73. The molecule has 3 rings (SSSR count). The van der Waals surface area contributed by atoms with E-state index >= 15 is 0 Å². The van der Waals surface area contributed by atoms with Gasteiger partial charge in [-0.05, 0) is 19.1 Å². The molecule has 0 saturated heterocycles. The Labute approximate surface area is 111 Å². The predicted octanol–water partition coefficient (Wildman–Crippen LogP) is 2.36. The van der Waals surface area contributed by atoms with Crippen LogP contribution in [0, 0.1) is 11.7 Å². The second kappa shape index (κ2) is 4.39. The lowest BCUT2D eigenvalue weighted by Crippen LogP contribution is -1.83. The highest BCUT2D eigenvalue weighted by molar-refractivity contribution is 7.71. The maximum Gasteiger partial charge on any atom is 0.213 e. The van der Waals surface area contributed by atoms with Gasteiger partial charge >= 0.3 is 0 Å². The molecule has 0 aliphatic rings. The molecule has 0 fully saturated rings. The zero-order valence-electron chi connectivity index (χ0n) is 9.34. The Morgan fingerprint density at radius 3 is 2.78 bits per heavy atom. The van der Waals surface area contributed by atoms with Gasteiger partial charge in [0.15, 0.2) is 5.82 Å². The molecule has 0 aliphatic carbocycles. The van der Waals surface area contributed by atoms with Crippen LogP contribution in [-0.2, 0) is 0 Å². The monoisotopic (exact) mass is 276 g/mol. The molecule has 2 N–H and O–H groups in total. The summed E-state index contributed by atoms with van der Waals surface area (Å²) in [6, 6.07) is 0. The molecule has 3 heterocycles. The first-order valence-electron chi connectivity index (χ1n) is 5.13. The molecule has 3 aromatic heterocycles. The van der Waals surface area contributed by atoms with Gasteiger partial charge in [0.05, 0.1) is 16.8 Å². The number of nitrogens with one attached hydrogen (secondary N) is 2. The number of hydrogen-bond acceptors (Lipinski definition) is 6. The lowest BCUT2D eigenvalue weighted by atomic mass is 10.4. The quantitative estimate of drug-likeness (QED) is 0.702. The van der Waals surface area contributed by atoms with Crippen LogP contribution in [-0.4, -0.2) is 30.1 Å². The number of aromatic amines is 2. The molecule has 0 spiro atoms. The largest absolute Gasteiger partial charge is 0.281 e. The molecule has 3 aromatic rings. The van der Waals surface area contributed by atoms with Gasteiger partial charge in [-0.15, -0.1) is 11.3 Å². The van der Waals surface area contributed by atoms with Gasteiger partial charge in [-0.3, -0.25) is 20.2 Å². The second-order valence-corrected chi connectivity index (χ2v) is 4.93. The summed E-state index contributed by atoms with van der Waals surface area (Å²) in [4.78, 5) is 17.9. The fourth-order valence-electron chi connectivity index (χ4n) is 1.51. The van der Waals surface area contributed by atoms with Crippen molar-refractivity contribution in [1.29, 1.82) is 0 Å². The molecular weight excluding hydrogens is 268 g/mol. The Balaban J connectivity index is 2.09. The van der Waals surface area contributed by atoms with Crippen molar-refractivity contribution in [2.24, 2.45) is 0 Å². The number of thiazole rings is 1. The van der Waals surface area contributed by atoms with Crippen LogP contribution in [0.1, 0.15) is 5.69 Å². The molecule has 0 saturated carbocycles. The number of rotatable bonds is 2. The lowest BCUT2D eigenvalue weighted by Gasteiger charge is -1.91. The molecule has 0 atom stereocenters. The first kappa shape index (κ1) is 11.2. The second-order valence-electron chi connectivity index (χ2n) is 3.54. The number of nitrogens with zero attached hydrogens (tertiary/aromatic N) is 4. The van der Waals surface area contributed by atoms with Crippen molar-refractivity contribution in [2.75, 3.05) is 0 Å². The van der Waals surface area contributed by atoms with Gasteiger partial charge in [-0.2, -0.15) is 4.98 Å². The van der Waals surface area contributed by atoms with Crippen molar-refractivity contribution in [3.8, 4) is 21.4 Å². The third kappa shape index (κ3) is 1.95. The Bertz CT molecular complexity index is 726. The van der Waals surface area contributed by atoms with E-state index in [2.05, 4.69) is 30.1 Å². The van der Waals surface area contributed by atoms with E-state index in [0.29, 0.717) is 10.6 Å². The normalized spacial score (nSPS) is 10.7. The molecule has 0 amide bonds. The van der Waals surface area contributed by atoms with E-state index < -0.39 is 0 Å². The summed E-state index contributed by atoms with van der Waals surface area (Å²) < 4.78 is 0.429. The van der Waals surface area contributed by atoms with Gasteiger partial charge in [0.1, 0.15) is 10.7 Å². The fraction of sp³-hybridized carbons (Fsp3) is 0.100. The highest BCUT2D eigenvalue weighted by Gasteiger charge is 2.14. The van der Waals surface area contributed by atoms with Crippen LogP contribution in [0.5, 0.6) is 0 Å². The van der Waals surface area contributed by atoms with Crippen LogP contribution in [0.25, 0.3) is 21.4 Å².